The van der Waals surface area contributed by atoms with Gasteiger partial charge in [0.1, 0.15) is 0 Å². The van der Waals surface area contributed by atoms with Gasteiger partial charge in [0.25, 0.3) is 5.91 Å². The molecule has 0 aliphatic rings. The number of amides is 2. The zero-order chi connectivity index (χ0) is 20.0. The highest BCUT2D eigenvalue weighted by Crippen LogP contribution is 2.17. The first-order valence-corrected chi connectivity index (χ1v) is 8.67. The van der Waals surface area contributed by atoms with Gasteiger partial charge in [-0.15, -0.1) is 0 Å². The summed E-state index contributed by atoms with van der Waals surface area (Å²) in [5.41, 5.74) is 4.08. The highest BCUT2D eigenvalue weighted by atomic mass is 16.5. The van der Waals surface area contributed by atoms with Crippen LogP contribution in [0.3, 0.4) is 0 Å². The lowest BCUT2D eigenvalue weighted by Crippen LogP contribution is -2.31. The Hall–Kier alpha value is -3.15. The van der Waals surface area contributed by atoms with E-state index in [4.69, 9.17) is 4.74 Å². The number of benzene rings is 2. The smallest absolute Gasteiger partial charge is 0.338 e. The van der Waals surface area contributed by atoms with Crippen molar-refractivity contribution in [3.63, 3.8) is 0 Å². The van der Waals surface area contributed by atoms with Crippen LogP contribution in [-0.4, -0.2) is 24.4 Å². The number of aryl methyl sites for hydroxylation is 2. The molecule has 0 saturated heterocycles. The first-order chi connectivity index (χ1) is 12.8. The summed E-state index contributed by atoms with van der Waals surface area (Å²) in [6.07, 6.45) is 0. The summed E-state index contributed by atoms with van der Waals surface area (Å²) >= 11 is 0. The topological polar surface area (TPSA) is 84.5 Å². The lowest BCUT2D eigenvalue weighted by atomic mass is 10.0. The molecule has 0 aromatic heterocycles. The molecule has 0 fully saturated rings. The predicted molar refractivity (Wildman–Crippen MR) is 104 cm³/mol. The second-order valence-corrected chi connectivity index (χ2v) is 6.47. The number of esters is 1. The number of nitrogens with one attached hydrogen (secondary N) is 2. The fourth-order valence-corrected chi connectivity index (χ4v) is 2.54. The Balaban J connectivity index is 1.90. The number of carbonyl (C=O) groups excluding carboxylic acids is 3. The fourth-order valence-electron chi connectivity index (χ4n) is 2.54. The van der Waals surface area contributed by atoms with Crippen molar-refractivity contribution in [3.05, 3.63) is 64.7 Å². The van der Waals surface area contributed by atoms with E-state index in [-0.39, 0.29) is 30.0 Å². The number of hydrogen-bond acceptors (Lipinski definition) is 4. The number of anilines is 1. The molecule has 2 amide bonds. The summed E-state index contributed by atoms with van der Waals surface area (Å²) < 4.78 is 5.07. The molecule has 0 spiro atoms. The van der Waals surface area contributed by atoms with Crippen LogP contribution < -0.4 is 10.6 Å². The van der Waals surface area contributed by atoms with Gasteiger partial charge in [-0.2, -0.15) is 0 Å². The molecule has 1 unspecified atom stereocenters. The lowest BCUT2D eigenvalue weighted by molar-refractivity contribution is -0.124. The maximum absolute atomic E-state index is 12.1. The van der Waals surface area contributed by atoms with E-state index in [0.717, 1.165) is 11.1 Å². The molecule has 2 rings (SSSR count). The van der Waals surface area contributed by atoms with Crippen LogP contribution in [-0.2, 0) is 14.3 Å². The van der Waals surface area contributed by atoms with Gasteiger partial charge in [-0.25, -0.2) is 4.79 Å². The second kappa shape index (κ2) is 8.98. The van der Waals surface area contributed by atoms with Crippen molar-refractivity contribution in [2.45, 2.75) is 33.7 Å². The molecule has 27 heavy (non-hydrogen) atoms. The highest BCUT2D eigenvalue weighted by Gasteiger charge is 2.14. The number of ether oxygens (including phenoxy) is 1. The molecule has 2 aromatic carbocycles. The molecular formula is C21H24N2O4. The standard InChI is InChI=1S/C21H24N2O4/c1-13-8-9-17(10-14(13)2)15(3)22-20(25)12-27-21(26)18-6-5-7-19(11-18)23-16(4)24/h5-11,15H,12H2,1-4H3,(H,22,25)(H,23,24). The van der Waals surface area contributed by atoms with Crippen molar-refractivity contribution >= 4 is 23.5 Å². The van der Waals surface area contributed by atoms with Gasteiger partial charge >= 0.3 is 5.97 Å². The van der Waals surface area contributed by atoms with Gasteiger partial charge in [-0.05, 0) is 55.7 Å². The van der Waals surface area contributed by atoms with Gasteiger partial charge in [0.2, 0.25) is 5.91 Å². The molecule has 2 aromatic rings. The van der Waals surface area contributed by atoms with E-state index in [1.807, 2.05) is 39.0 Å². The van der Waals surface area contributed by atoms with E-state index in [1.165, 1.54) is 18.6 Å². The molecule has 0 aliphatic carbocycles. The Bertz CT molecular complexity index is 861. The van der Waals surface area contributed by atoms with Crippen LogP contribution in [0.2, 0.25) is 0 Å². The van der Waals surface area contributed by atoms with Crippen molar-refractivity contribution in [2.24, 2.45) is 0 Å². The van der Waals surface area contributed by atoms with Gasteiger partial charge in [0.05, 0.1) is 11.6 Å². The minimum absolute atomic E-state index is 0.196. The normalized spacial score (nSPS) is 11.4. The zero-order valence-electron chi connectivity index (χ0n) is 16.0. The molecule has 0 saturated carbocycles. The zero-order valence-corrected chi connectivity index (χ0v) is 16.0. The van der Waals surface area contributed by atoms with E-state index < -0.39 is 5.97 Å². The Labute approximate surface area is 158 Å². The molecule has 6 nitrogen and oxygen atoms in total. The SMILES string of the molecule is CC(=O)Nc1cccc(C(=O)OCC(=O)NC(C)c2ccc(C)c(C)c2)c1. The first-order valence-electron chi connectivity index (χ1n) is 8.67. The second-order valence-electron chi connectivity index (χ2n) is 6.47. The molecule has 1 atom stereocenters. The Kier molecular flexibility index (Phi) is 6.71. The Morgan fingerprint density at radius 2 is 1.78 bits per heavy atom. The molecule has 0 radical (unpaired) electrons. The van der Waals surface area contributed by atoms with Crippen LogP contribution in [0.1, 0.15) is 46.9 Å². The summed E-state index contributed by atoms with van der Waals surface area (Å²) in [5, 5.41) is 5.41. The third kappa shape index (κ3) is 5.95. The molecule has 0 heterocycles. The highest BCUT2D eigenvalue weighted by molar-refractivity contribution is 5.94. The number of rotatable bonds is 6. The van der Waals surface area contributed by atoms with Gasteiger partial charge in [-0.1, -0.05) is 24.3 Å². The fraction of sp³-hybridized carbons (Fsp3) is 0.286. The van der Waals surface area contributed by atoms with Crippen LogP contribution in [0, 0.1) is 13.8 Å². The molecule has 142 valence electrons. The van der Waals surface area contributed by atoms with Crippen molar-refractivity contribution in [2.75, 3.05) is 11.9 Å². The minimum Gasteiger partial charge on any atom is -0.452 e. The summed E-state index contributed by atoms with van der Waals surface area (Å²) in [5.74, 6) is -1.25. The van der Waals surface area contributed by atoms with Crippen LogP contribution in [0.25, 0.3) is 0 Å². The molecule has 2 N–H and O–H groups in total. The van der Waals surface area contributed by atoms with Crippen molar-refractivity contribution in [1.29, 1.82) is 0 Å². The predicted octanol–water partition coefficient (Wildman–Crippen LogP) is 3.30. The van der Waals surface area contributed by atoms with E-state index in [9.17, 15) is 14.4 Å². The summed E-state index contributed by atoms with van der Waals surface area (Å²) in [7, 11) is 0. The van der Waals surface area contributed by atoms with E-state index in [0.29, 0.717) is 5.69 Å². The van der Waals surface area contributed by atoms with Gasteiger partial charge in [0.15, 0.2) is 6.61 Å². The minimum atomic E-state index is -0.629. The van der Waals surface area contributed by atoms with E-state index in [2.05, 4.69) is 10.6 Å². The first kappa shape index (κ1) is 20.2. The Morgan fingerprint density at radius 1 is 1.04 bits per heavy atom. The van der Waals surface area contributed by atoms with Crippen molar-refractivity contribution in [3.8, 4) is 0 Å². The van der Waals surface area contributed by atoms with Gasteiger partial charge in [0, 0.05) is 12.6 Å². The van der Waals surface area contributed by atoms with Crippen LogP contribution >= 0.6 is 0 Å². The quantitative estimate of drug-likeness (QED) is 0.766. The molecule has 6 heteroatoms. The van der Waals surface area contributed by atoms with E-state index >= 15 is 0 Å². The van der Waals surface area contributed by atoms with Gasteiger partial charge in [-0.3, -0.25) is 9.59 Å². The Morgan fingerprint density at radius 3 is 2.44 bits per heavy atom. The van der Waals surface area contributed by atoms with Gasteiger partial charge < -0.3 is 15.4 Å². The van der Waals surface area contributed by atoms with Crippen molar-refractivity contribution in [1.82, 2.24) is 5.32 Å². The molecule has 0 aliphatic heterocycles. The summed E-state index contributed by atoms with van der Waals surface area (Å²) in [6.45, 7) is 6.93. The third-order valence-electron chi connectivity index (χ3n) is 4.16. The summed E-state index contributed by atoms with van der Waals surface area (Å²) in [4.78, 5) is 35.3. The largest absolute Gasteiger partial charge is 0.452 e. The van der Waals surface area contributed by atoms with Crippen molar-refractivity contribution < 1.29 is 19.1 Å². The average Bonchev–Trinajstić information content (AvgIpc) is 2.61. The molecule has 0 bridgehead atoms. The van der Waals surface area contributed by atoms with Crippen LogP contribution in [0.5, 0.6) is 0 Å². The average molecular weight is 368 g/mol. The lowest BCUT2D eigenvalue weighted by Gasteiger charge is -2.16. The maximum Gasteiger partial charge on any atom is 0.338 e. The number of carbonyl (C=O) groups is 3. The van der Waals surface area contributed by atoms with Crippen LogP contribution in [0.15, 0.2) is 42.5 Å². The van der Waals surface area contributed by atoms with E-state index in [1.54, 1.807) is 18.2 Å². The third-order valence-corrected chi connectivity index (χ3v) is 4.16. The summed E-state index contributed by atoms with van der Waals surface area (Å²) in [6, 6.07) is 12.2. The molecular weight excluding hydrogens is 344 g/mol. The number of hydrogen-bond donors (Lipinski definition) is 2. The monoisotopic (exact) mass is 368 g/mol. The van der Waals surface area contributed by atoms with Crippen LogP contribution in [0.4, 0.5) is 5.69 Å². The maximum atomic E-state index is 12.1.